The molecule has 0 spiro atoms. The van der Waals surface area contributed by atoms with E-state index in [-0.39, 0.29) is 98.5 Å². The lowest BCUT2D eigenvalue weighted by molar-refractivity contribution is -0.181. The molecule has 464 valence electrons. The molecular weight excluding hydrogens is 1100 g/mol. The zero-order valence-electron chi connectivity index (χ0n) is 49.9. The summed E-state index contributed by atoms with van der Waals surface area (Å²) in [5.74, 6) is -6.23. The number of likely N-dealkylation sites (tertiary alicyclic amines) is 2. The molecule has 24 nitrogen and oxygen atoms in total. The first kappa shape index (κ1) is 69.2. The molecule has 2 aliphatic rings. The summed E-state index contributed by atoms with van der Waals surface area (Å²) in [6, 6.07) is 3.71. The van der Waals surface area contributed by atoms with Crippen molar-refractivity contribution in [2.45, 2.75) is 175 Å². The predicted molar refractivity (Wildman–Crippen MR) is 304 cm³/mol. The van der Waals surface area contributed by atoms with Crippen LogP contribution in [0.25, 0.3) is 0 Å². The third kappa shape index (κ3) is 22.3. The summed E-state index contributed by atoms with van der Waals surface area (Å²) in [6.07, 6.45) is 1.54. The molecule has 1 aromatic carbocycles. The number of methoxy groups -OCH3 is 1. The Labute approximate surface area is 491 Å². The Bertz CT molecular complexity index is 2440. The Kier molecular flexibility index (Phi) is 29.3. The molecule has 3 heterocycles. The van der Waals surface area contributed by atoms with Gasteiger partial charge in [-0.1, -0.05) is 73.4 Å². The Morgan fingerprint density at radius 2 is 1.63 bits per heavy atom. The number of carboxylic acids is 1. The number of piperidine rings is 1. The highest BCUT2D eigenvalue weighted by atomic mass is 32.1. The van der Waals surface area contributed by atoms with Gasteiger partial charge in [-0.2, -0.15) is 0 Å². The van der Waals surface area contributed by atoms with Crippen LogP contribution in [0.2, 0.25) is 0 Å². The predicted octanol–water partition coefficient (Wildman–Crippen LogP) is 5.39. The van der Waals surface area contributed by atoms with Crippen LogP contribution >= 0.6 is 11.3 Å². The monoisotopic (exact) mass is 1190 g/mol. The number of aliphatic carboxylic acids is 1. The molecule has 83 heavy (non-hydrogen) atoms. The Balaban J connectivity index is 1.43. The summed E-state index contributed by atoms with van der Waals surface area (Å²) in [4.78, 5) is 128. The summed E-state index contributed by atoms with van der Waals surface area (Å²) in [5, 5.41) is 29.4. The maximum Gasteiger partial charge on any atom is 0.407 e. The first-order chi connectivity index (χ1) is 39.5. The maximum atomic E-state index is 14.9. The van der Waals surface area contributed by atoms with E-state index in [9.17, 15) is 53.4 Å². The number of amides is 5. The van der Waals surface area contributed by atoms with Crippen LogP contribution in [0.1, 0.15) is 153 Å². The summed E-state index contributed by atoms with van der Waals surface area (Å²) >= 11 is 1.06. The number of carbonyl (C=O) groups excluding carboxylic acids is 8. The molecule has 0 bridgehead atoms. The van der Waals surface area contributed by atoms with Crippen molar-refractivity contribution in [2.24, 2.45) is 23.7 Å². The first-order valence-electron chi connectivity index (χ1n) is 28.9. The van der Waals surface area contributed by atoms with E-state index < -0.39 is 103 Å². The van der Waals surface area contributed by atoms with E-state index in [1.807, 2.05) is 53.5 Å². The van der Waals surface area contributed by atoms with Gasteiger partial charge >= 0.3 is 30.0 Å². The van der Waals surface area contributed by atoms with E-state index in [1.165, 1.54) is 36.1 Å². The fraction of sp³-hybridized carbons (Fsp3) is 0.690. The van der Waals surface area contributed by atoms with Crippen molar-refractivity contribution in [1.29, 1.82) is 0 Å². The van der Waals surface area contributed by atoms with Crippen molar-refractivity contribution in [1.82, 2.24) is 35.6 Å². The van der Waals surface area contributed by atoms with Gasteiger partial charge in [0, 0.05) is 70.4 Å². The summed E-state index contributed by atoms with van der Waals surface area (Å²) in [7, 11) is 3.27. The highest BCUT2D eigenvalue weighted by Gasteiger charge is 2.40. The van der Waals surface area contributed by atoms with Crippen molar-refractivity contribution in [3.05, 3.63) is 45.9 Å². The molecule has 5 amide bonds. The average Bonchev–Trinajstić information content (AvgIpc) is 4.41. The van der Waals surface area contributed by atoms with Crippen LogP contribution < -0.4 is 20.7 Å². The second-order valence-electron chi connectivity index (χ2n) is 21.8. The topological polar surface area (TPSA) is 308 Å². The molecule has 0 radical (unpaired) electrons. The van der Waals surface area contributed by atoms with Gasteiger partial charge in [-0.15, -0.1) is 11.3 Å². The number of hydrogen-bond donors (Lipinski definition) is 5. The number of hydrogen-bond acceptors (Lipinski definition) is 19. The number of rotatable bonds is 34. The molecule has 2 aliphatic heterocycles. The van der Waals surface area contributed by atoms with Gasteiger partial charge < -0.3 is 64.4 Å². The second-order valence-corrected chi connectivity index (χ2v) is 22.7. The van der Waals surface area contributed by atoms with Crippen molar-refractivity contribution < 1.29 is 81.8 Å². The number of carboxylic acid groups (broad SMARTS) is 1. The highest BCUT2D eigenvalue weighted by molar-refractivity contribution is 7.09. The Morgan fingerprint density at radius 1 is 0.904 bits per heavy atom. The molecular formula is C58H89N7O17S. The zero-order chi connectivity index (χ0) is 61.3. The molecule has 4 rings (SSSR count). The third-order valence-electron chi connectivity index (χ3n) is 15.0. The van der Waals surface area contributed by atoms with Crippen LogP contribution in [0.15, 0.2) is 29.6 Å². The minimum absolute atomic E-state index is 0.0133. The number of ether oxygens (including phenoxy) is 6. The van der Waals surface area contributed by atoms with Crippen LogP contribution in [0.5, 0.6) is 5.75 Å². The van der Waals surface area contributed by atoms with Gasteiger partial charge in [0.05, 0.1) is 30.6 Å². The number of thiazole rings is 1. The van der Waals surface area contributed by atoms with E-state index in [2.05, 4.69) is 20.9 Å². The molecule has 2 saturated heterocycles. The fourth-order valence-corrected chi connectivity index (χ4v) is 10.6. The molecule has 10 atom stereocenters. The van der Waals surface area contributed by atoms with Gasteiger partial charge in [0.2, 0.25) is 17.7 Å². The van der Waals surface area contributed by atoms with E-state index >= 15 is 0 Å². The highest BCUT2D eigenvalue weighted by Crippen LogP contribution is 2.32. The fourth-order valence-electron chi connectivity index (χ4n) is 9.78. The van der Waals surface area contributed by atoms with Crippen LogP contribution in [-0.2, 0) is 63.7 Å². The van der Waals surface area contributed by atoms with E-state index in [0.29, 0.717) is 44.2 Å². The third-order valence-corrected chi connectivity index (χ3v) is 16.0. The first-order valence-corrected chi connectivity index (χ1v) is 29.8. The molecule has 0 aliphatic carbocycles. The molecule has 2 aromatic rings. The second kappa shape index (κ2) is 35.1. The van der Waals surface area contributed by atoms with Gasteiger partial charge in [0.1, 0.15) is 29.1 Å². The number of alkyl carbamates (subject to hydrolysis) is 1. The van der Waals surface area contributed by atoms with Crippen molar-refractivity contribution >= 4 is 64.9 Å². The lowest BCUT2D eigenvalue weighted by atomic mass is 9.92. The van der Waals surface area contributed by atoms with Gasteiger partial charge in [-0.3, -0.25) is 43.3 Å². The van der Waals surface area contributed by atoms with Gasteiger partial charge in [0.15, 0.2) is 19.1 Å². The largest absolute Gasteiger partial charge is 0.481 e. The van der Waals surface area contributed by atoms with Crippen molar-refractivity contribution in [3.63, 3.8) is 0 Å². The van der Waals surface area contributed by atoms with Crippen LogP contribution in [-0.4, -0.2) is 180 Å². The number of aliphatic hydroxyl groups excluding tert-OH is 1. The molecule has 0 saturated carbocycles. The molecule has 2 unspecified atom stereocenters. The number of aliphatic hydroxyl groups is 1. The van der Waals surface area contributed by atoms with Crippen molar-refractivity contribution in [3.8, 4) is 5.75 Å². The van der Waals surface area contributed by atoms with Gasteiger partial charge in [0.25, 0.3) is 5.91 Å². The molecule has 25 heteroatoms. The van der Waals surface area contributed by atoms with Gasteiger partial charge in [-0.05, 0) is 88.1 Å². The molecule has 1 aromatic heterocycles. The number of esters is 3. The SMILES string of the molecule is CCCC(=O)OCN(C(=O)[C@@H](NC(=O)[C@H]1CCCCN1C)[C@@H](C)CC)[C@H](C[C@@H](OC(C)=O)c1nc(C(=O)N[C@@H](Cc2ccc(OC(=O)[C@H]3CCN(C(=O)CCNC(=O)OCC(OC)OC(CC)CO)C3)cc2)C[C@H](C)C(=O)O)cs1)C(C)C. The van der Waals surface area contributed by atoms with E-state index in [0.717, 1.165) is 30.7 Å². The lowest BCUT2D eigenvalue weighted by Gasteiger charge is -2.39. The number of benzene rings is 1. The van der Waals surface area contributed by atoms with Gasteiger partial charge in [-0.25, -0.2) is 9.78 Å². The van der Waals surface area contributed by atoms with Crippen LogP contribution in [0, 0.1) is 23.7 Å². The minimum atomic E-state index is -1.08. The van der Waals surface area contributed by atoms with Crippen LogP contribution in [0.3, 0.4) is 0 Å². The number of likely N-dealkylation sites (N-methyl/N-ethyl adjacent to an activating group) is 1. The van der Waals surface area contributed by atoms with E-state index in [1.54, 1.807) is 24.3 Å². The number of nitrogens with one attached hydrogen (secondary N) is 3. The quantitative estimate of drug-likeness (QED) is 0.0254. The molecule has 2 fully saturated rings. The zero-order valence-corrected chi connectivity index (χ0v) is 50.7. The lowest BCUT2D eigenvalue weighted by Crippen LogP contribution is -2.59. The van der Waals surface area contributed by atoms with Crippen molar-refractivity contribution in [2.75, 3.05) is 60.3 Å². The number of carbonyl (C=O) groups is 9. The average molecular weight is 1190 g/mol. The summed E-state index contributed by atoms with van der Waals surface area (Å²) < 4.78 is 33.0. The number of nitrogens with zero attached hydrogens (tertiary/aromatic N) is 4. The Hall–Kier alpha value is -6.28. The maximum absolute atomic E-state index is 14.9. The smallest absolute Gasteiger partial charge is 0.407 e. The van der Waals surface area contributed by atoms with Crippen LogP contribution in [0.4, 0.5) is 4.79 Å². The summed E-state index contributed by atoms with van der Waals surface area (Å²) in [6.45, 7) is 14.3. The normalized spacial score (nSPS) is 18.3. The molecule has 5 N–H and O–H groups in total. The van der Waals surface area contributed by atoms with E-state index in [4.69, 9.17) is 28.4 Å². The summed E-state index contributed by atoms with van der Waals surface area (Å²) in [5.41, 5.74) is 0.658. The number of aromatic nitrogens is 1. The standard InChI is InChI=1S/C58H89N7O17S/c1-11-16-49(69)79-34-65(55(72)51(36(6)12-2)62-53(71)45-17-14-15-25-63(45)9)46(35(4)5)29-47(80-38(8)67)54-61-44(33-83-54)52(70)60-41(27-37(7)56(73)74)28-39-18-20-43(21-19-39)82-57(75)40-23-26-64(30-40)48(68)22-24-59-58(76)78-32-50(77-10)81-42(13-3)31-66/h18-21,33,35-37,40-42,45-47,50-51,66H,11-17,22-32,34H2,1-10H3,(H,59,76)(H,60,70)(H,62,71)(H,73,74)/t36-,37-,40-,41+,42?,45+,46+,47+,50?,51-/m0/s1. The minimum Gasteiger partial charge on any atom is -0.481 e. The Morgan fingerprint density at radius 3 is 2.24 bits per heavy atom.